The molecule has 0 unspecified atom stereocenters. The summed E-state index contributed by atoms with van der Waals surface area (Å²) in [6, 6.07) is 11.2. The molecule has 0 amide bonds. The van der Waals surface area contributed by atoms with Gasteiger partial charge in [0.15, 0.2) is 0 Å². The first-order valence-electron chi connectivity index (χ1n) is 6.36. The van der Waals surface area contributed by atoms with Gasteiger partial charge >= 0.3 is 0 Å². The minimum atomic E-state index is -3.64. The maximum atomic E-state index is 12.1. The van der Waals surface area contributed by atoms with Crippen molar-refractivity contribution in [2.75, 3.05) is 25.0 Å². The Bertz CT molecular complexity index is 692. The molecule has 7 heteroatoms. The quantitative estimate of drug-likeness (QED) is 0.884. The van der Waals surface area contributed by atoms with Gasteiger partial charge in [-0.25, -0.2) is 13.1 Å². The Morgan fingerprint density at radius 1 is 1.24 bits per heavy atom. The van der Waals surface area contributed by atoms with Crippen LogP contribution in [0.25, 0.3) is 0 Å². The first-order valence-corrected chi connectivity index (χ1v) is 8.22. The number of nitrogens with zero attached hydrogens (tertiary/aromatic N) is 2. The minimum absolute atomic E-state index is 0.00553. The molecule has 0 radical (unpaired) electrons. The number of nitrogens with one attached hydrogen (secondary N) is 1. The second-order valence-electron chi connectivity index (χ2n) is 4.46. The fourth-order valence-corrected chi connectivity index (χ4v) is 3.25. The van der Waals surface area contributed by atoms with Crippen molar-refractivity contribution in [3.05, 3.63) is 53.8 Å². The van der Waals surface area contributed by atoms with Crippen LogP contribution in [0.3, 0.4) is 0 Å². The van der Waals surface area contributed by atoms with E-state index in [-0.39, 0.29) is 16.5 Å². The molecule has 0 aliphatic heterocycles. The number of halogens is 1. The van der Waals surface area contributed by atoms with Gasteiger partial charge in [0, 0.05) is 38.2 Å². The van der Waals surface area contributed by atoms with E-state index >= 15 is 0 Å². The van der Waals surface area contributed by atoms with E-state index in [0.717, 1.165) is 5.69 Å². The molecule has 5 nitrogen and oxygen atoms in total. The van der Waals surface area contributed by atoms with Gasteiger partial charge in [0.25, 0.3) is 0 Å². The van der Waals surface area contributed by atoms with Crippen LogP contribution in [-0.2, 0) is 10.0 Å². The fraction of sp³-hybridized carbons (Fsp3) is 0.214. The molecule has 112 valence electrons. The zero-order valence-corrected chi connectivity index (χ0v) is 13.1. The minimum Gasteiger partial charge on any atom is -0.373 e. The smallest absolute Gasteiger partial charge is 0.243 e. The van der Waals surface area contributed by atoms with Gasteiger partial charge in [0.05, 0.1) is 5.02 Å². The molecule has 0 spiro atoms. The summed E-state index contributed by atoms with van der Waals surface area (Å²) in [5.74, 6) is 0. The molecule has 0 aliphatic carbocycles. The highest BCUT2D eigenvalue weighted by atomic mass is 35.5. The summed E-state index contributed by atoms with van der Waals surface area (Å²) in [6.45, 7) is 0.820. The summed E-state index contributed by atoms with van der Waals surface area (Å²) in [7, 11) is -1.74. The first-order chi connectivity index (χ1) is 10.0. The van der Waals surface area contributed by atoms with Crippen molar-refractivity contribution in [1.29, 1.82) is 0 Å². The molecule has 2 rings (SSSR count). The van der Waals surface area contributed by atoms with E-state index in [9.17, 15) is 8.42 Å². The number of aromatic nitrogens is 1. The fourth-order valence-electron chi connectivity index (χ4n) is 1.80. The van der Waals surface area contributed by atoms with Crippen LogP contribution in [-0.4, -0.2) is 33.5 Å². The van der Waals surface area contributed by atoms with Gasteiger partial charge in [-0.3, -0.25) is 4.98 Å². The van der Waals surface area contributed by atoms with Gasteiger partial charge in [-0.15, -0.1) is 0 Å². The van der Waals surface area contributed by atoms with E-state index in [4.69, 9.17) is 11.6 Å². The summed E-state index contributed by atoms with van der Waals surface area (Å²) in [4.78, 5) is 5.75. The van der Waals surface area contributed by atoms with Gasteiger partial charge in [0.1, 0.15) is 4.90 Å². The summed E-state index contributed by atoms with van der Waals surface area (Å²) < 4.78 is 26.8. The second-order valence-corrected chi connectivity index (χ2v) is 6.60. The molecule has 1 aromatic heterocycles. The Morgan fingerprint density at radius 3 is 2.62 bits per heavy atom. The molecule has 21 heavy (non-hydrogen) atoms. The summed E-state index contributed by atoms with van der Waals surface area (Å²) in [5, 5.41) is 0.161. The maximum absolute atomic E-state index is 12.1. The Balaban J connectivity index is 1.96. The van der Waals surface area contributed by atoms with Crippen molar-refractivity contribution in [2.24, 2.45) is 0 Å². The van der Waals surface area contributed by atoms with Crippen LogP contribution in [0.2, 0.25) is 5.02 Å². The van der Waals surface area contributed by atoms with Gasteiger partial charge in [-0.1, -0.05) is 29.8 Å². The molecule has 0 atom stereocenters. The molecular formula is C14H16ClN3O2S. The van der Waals surface area contributed by atoms with Crippen molar-refractivity contribution in [2.45, 2.75) is 4.90 Å². The zero-order chi connectivity index (χ0) is 15.3. The third-order valence-electron chi connectivity index (χ3n) is 2.96. The predicted molar refractivity (Wildman–Crippen MR) is 84.1 cm³/mol. The Kier molecular flexibility index (Phi) is 5.17. The van der Waals surface area contributed by atoms with Gasteiger partial charge in [-0.2, -0.15) is 0 Å². The Hall–Kier alpha value is -1.63. The number of para-hydroxylation sites is 1. The van der Waals surface area contributed by atoms with E-state index in [2.05, 4.69) is 9.71 Å². The van der Waals surface area contributed by atoms with Crippen LogP contribution >= 0.6 is 11.6 Å². The number of anilines is 1. The maximum Gasteiger partial charge on any atom is 0.243 e. The highest BCUT2D eigenvalue weighted by molar-refractivity contribution is 7.89. The molecule has 1 aromatic carbocycles. The van der Waals surface area contributed by atoms with E-state index in [1.54, 1.807) is 0 Å². The lowest BCUT2D eigenvalue weighted by molar-refractivity contribution is 0.581. The van der Waals surface area contributed by atoms with Crippen molar-refractivity contribution in [1.82, 2.24) is 9.71 Å². The molecule has 2 aromatic rings. The molecule has 0 saturated heterocycles. The average molecular weight is 326 g/mol. The average Bonchev–Trinajstić information content (AvgIpc) is 2.48. The summed E-state index contributed by atoms with van der Waals surface area (Å²) in [5.41, 5.74) is 1.02. The van der Waals surface area contributed by atoms with E-state index in [0.29, 0.717) is 6.54 Å². The lowest BCUT2D eigenvalue weighted by Crippen LogP contribution is -2.33. The number of sulfonamides is 1. The normalized spacial score (nSPS) is 11.3. The van der Waals surface area contributed by atoms with Crippen molar-refractivity contribution < 1.29 is 8.42 Å². The number of likely N-dealkylation sites (N-methyl/N-ethyl adjacent to an activating group) is 1. The predicted octanol–water partition coefficient (Wildman–Crippen LogP) is 2.15. The monoisotopic (exact) mass is 325 g/mol. The van der Waals surface area contributed by atoms with Crippen LogP contribution in [0, 0.1) is 0 Å². The number of benzene rings is 1. The molecular weight excluding hydrogens is 310 g/mol. The Labute approximate surface area is 129 Å². The SMILES string of the molecule is CN(CCNS(=O)(=O)c1cnccc1Cl)c1ccccc1. The van der Waals surface area contributed by atoms with Crippen LogP contribution in [0.1, 0.15) is 0 Å². The summed E-state index contributed by atoms with van der Waals surface area (Å²) in [6.07, 6.45) is 2.69. The number of hydrogen-bond donors (Lipinski definition) is 1. The lowest BCUT2D eigenvalue weighted by Gasteiger charge is -2.19. The van der Waals surface area contributed by atoms with Crippen molar-refractivity contribution in [3.63, 3.8) is 0 Å². The largest absolute Gasteiger partial charge is 0.373 e. The van der Waals surface area contributed by atoms with Gasteiger partial charge in [0.2, 0.25) is 10.0 Å². The number of pyridine rings is 1. The van der Waals surface area contributed by atoms with E-state index in [1.807, 2.05) is 42.3 Å². The van der Waals surface area contributed by atoms with Gasteiger partial charge < -0.3 is 4.90 Å². The molecule has 1 N–H and O–H groups in total. The molecule has 1 heterocycles. The third-order valence-corrected chi connectivity index (χ3v) is 4.89. The molecule has 0 bridgehead atoms. The highest BCUT2D eigenvalue weighted by Crippen LogP contribution is 2.18. The number of rotatable bonds is 6. The molecule has 0 fully saturated rings. The third kappa shape index (κ3) is 4.17. The van der Waals surface area contributed by atoms with Crippen molar-refractivity contribution >= 4 is 27.3 Å². The topological polar surface area (TPSA) is 62.3 Å². The number of hydrogen-bond acceptors (Lipinski definition) is 4. The Morgan fingerprint density at radius 2 is 1.95 bits per heavy atom. The van der Waals surface area contributed by atoms with Crippen LogP contribution < -0.4 is 9.62 Å². The molecule has 0 aliphatic rings. The lowest BCUT2D eigenvalue weighted by atomic mass is 10.3. The summed E-state index contributed by atoms with van der Waals surface area (Å²) >= 11 is 5.88. The standard InChI is InChI=1S/C14H16ClN3O2S/c1-18(12-5-3-2-4-6-12)10-9-17-21(19,20)14-11-16-8-7-13(14)15/h2-8,11,17H,9-10H2,1H3. The zero-order valence-electron chi connectivity index (χ0n) is 11.5. The van der Waals surface area contributed by atoms with Crippen molar-refractivity contribution in [3.8, 4) is 0 Å². The first kappa shape index (κ1) is 15.8. The molecule has 0 saturated carbocycles. The van der Waals surface area contributed by atoms with Crippen LogP contribution in [0.15, 0.2) is 53.7 Å². The van der Waals surface area contributed by atoms with Crippen LogP contribution in [0.4, 0.5) is 5.69 Å². The van der Waals surface area contributed by atoms with Crippen LogP contribution in [0.5, 0.6) is 0 Å². The van der Waals surface area contributed by atoms with Gasteiger partial charge in [-0.05, 0) is 18.2 Å². The highest BCUT2D eigenvalue weighted by Gasteiger charge is 2.17. The second kappa shape index (κ2) is 6.89. The van der Waals surface area contributed by atoms with E-state index < -0.39 is 10.0 Å². The van der Waals surface area contributed by atoms with E-state index in [1.165, 1.54) is 18.5 Å².